The maximum atomic E-state index is 11.6. The van der Waals surface area contributed by atoms with Crippen LogP contribution in [0, 0.1) is 19.8 Å². The third-order valence-electron chi connectivity index (χ3n) is 2.81. The van der Waals surface area contributed by atoms with E-state index in [0.29, 0.717) is 19.0 Å². The summed E-state index contributed by atoms with van der Waals surface area (Å²) in [6.45, 7) is 9.28. The van der Waals surface area contributed by atoms with Crippen molar-refractivity contribution in [1.82, 2.24) is 5.32 Å². The molecule has 1 rings (SSSR count). The van der Waals surface area contributed by atoms with Gasteiger partial charge in [0.1, 0.15) is 5.75 Å². The van der Waals surface area contributed by atoms with Crippen LogP contribution in [0.25, 0.3) is 0 Å². The molecule has 0 radical (unpaired) electrons. The average Bonchev–Trinajstić information content (AvgIpc) is 2.34. The van der Waals surface area contributed by atoms with Crippen LogP contribution in [0.1, 0.15) is 30.5 Å². The Labute approximate surface area is 115 Å². The number of carbonyl (C=O) groups excluding carboxylic acids is 1. The fourth-order valence-electron chi connectivity index (χ4n) is 1.89. The molecule has 4 heteroatoms. The van der Waals surface area contributed by atoms with Gasteiger partial charge in [-0.2, -0.15) is 0 Å². The lowest BCUT2D eigenvalue weighted by atomic mass is 10.1. The summed E-state index contributed by atoms with van der Waals surface area (Å²) >= 11 is 0. The largest absolute Gasteiger partial charge is 0.483 e. The van der Waals surface area contributed by atoms with E-state index >= 15 is 0 Å². The molecule has 0 fully saturated rings. The van der Waals surface area contributed by atoms with Crippen molar-refractivity contribution in [2.24, 2.45) is 11.7 Å². The summed E-state index contributed by atoms with van der Waals surface area (Å²) in [5.41, 5.74) is 8.72. The van der Waals surface area contributed by atoms with Crippen LogP contribution < -0.4 is 15.8 Å². The summed E-state index contributed by atoms with van der Waals surface area (Å²) < 4.78 is 5.61. The fourth-order valence-corrected chi connectivity index (χ4v) is 1.89. The van der Waals surface area contributed by atoms with Crippen LogP contribution in [-0.2, 0) is 11.3 Å². The van der Waals surface area contributed by atoms with Crippen LogP contribution in [0.3, 0.4) is 0 Å². The van der Waals surface area contributed by atoms with Crippen molar-refractivity contribution in [2.45, 2.75) is 34.2 Å². The van der Waals surface area contributed by atoms with Gasteiger partial charge in [-0.3, -0.25) is 4.79 Å². The highest BCUT2D eigenvalue weighted by Gasteiger charge is 2.09. The van der Waals surface area contributed by atoms with Gasteiger partial charge in [-0.15, -0.1) is 0 Å². The first kappa shape index (κ1) is 15.5. The number of hydrogen-bond donors (Lipinski definition) is 2. The van der Waals surface area contributed by atoms with E-state index in [0.717, 1.165) is 22.4 Å². The summed E-state index contributed by atoms with van der Waals surface area (Å²) in [7, 11) is 0. The molecule has 0 spiro atoms. The summed E-state index contributed by atoms with van der Waals surface area (Å²) in [5.74, 6) is 1.13. The first-order valence-electron chi connectivity index (χ1n) is 6.63. The number of nitrogens with two attached hydrogens (primary N) is 1. The van der Waals surface area contributed by atoms with Crippen LogP contribution >= 0.6 is 0 Å². The van der Waals surface area contributed by atoms with Crippen LogP contribution in [-0.4, -0.2) is 19.1 Å². The Kier molecular flexibility index (Phi) is 5.83. The van der Waals surface area contributed by atoms with Gasteiger partial charge in [-0.1, -0.05) is 26.0 Å². The second-order valence-electron chi connectivity index (χ2n) is 5.25. The molecule has 106 valence electrons. The molecule has 1 aromatic carbocycles. The summed E-state index contributed by atoms with van der Waals surface area (Å²) in [4.78, 5) is 11.6. The summed E-state index contributed by atoms with van der Waals surface area (Å²) in [5, 5.41) is 2.83. The van der Waals surface area contributed by atoms with E-state index in [2.05, 4.69) is 19.2 Å². The molecule has 0 aliphatic carbocycles. The zero-order valence-electron chi connectivity index (χ0n) is 12.2. The maximum absolute atomic E-state index is 11.6. The molecule has 1 aromatic rings. The normalized spacial score (nSPS) is 10.6. The van der Waals surface area contributed by atoms with Gasteiger partial charge in [0.05, 0.1) is 0 Å². The van der Waals surface area contributed by atoms with E-state index in [-0.39, 0.29) is 12.5 Å². The predicted molar refractivity (Wildman–Crippen MR) is 77.2 cm³/mol. The second kappa shape index (κ2) is 7.14. The molecule has 0 aromatic heterocycles. The zero-order valence-corrected chi connectivity index (χ0v) is 12.2. The first-order valence-corrected chi connectivity index (χ1v) is 6.63. The van der Waals surface area contributed by atoms with Gasteiger partial charge in [0.25, 0.3) is 5.91 Å². The number of nitrogens with one attached hydrogen (secondary N) is 1. The van der Waals surface area contributed by atoms with Gasteiger partial charge in [0.15, 0.2) is 6.61 Å². The number of aryl methyl sites for hydroxylation is 2. The van der Waals surface area contributed by atoms with E-state index in [1.807, 2.05) is 26.0 Å². The van der Waals surface area contributed by atoms with E-state index in [9.17, 15) is 4.79 Å². The molecule has 0 atom stereocenters. The average molecular weight is 264 g/mol. The lowest BCUT2D eigenvalue weighted by molar-refractivity contribution is -0.123. The van der Waals surface area contributed by atoms with Crippen molar-refractivity contribution in [2.75, 3.05) is 13.2 Å². The Bertz CT molecular complexity index is 419. The van der Waals surface area contributed by atoms with Gasteiger partial charge < -0.3 is 15.8 Å². The number of rotatable bonds is 6. The maximum Gasteiger partial charge on any atom is 0.257 e. The molecule has 0 saturated carbocycles. The Morgan fingerprint density at radius 3 is 2.37 bits per heavy atom. The molecular weight excluding hydrogens is 240 g/mol. The number of benzene rings is 1. The molecule has 3 N–H and O–H groups in total. The Morgan fingerprint density at radius 1 is 1.32 bits per heavy atom. The van der Waals surface area contributed by atoms with Gasteiger partial charge in [0.2, 0.25) is 0 Å². The molecule has 0 heterocycles. The van der Waals surface area contributed by atoms with E-state index in [1.165, 1.54) is 0 Å². The van der Waals surface area contributed by atoms with Crippen LogP contribution in [0.2, 0.25) is 0 Å². The van der Waals surface area contributed by atoms with Crippen molar-refractivity contribution in [3.05, 3.63) is 28.8 Å². The molecule has 0 unspecified atom stereocenters. The topological polar surface area (TPSA) is 64.3 Å². The van der Waals surface area contributed by atoms with Gasteiger partial charge in [-0.05, 0) is 36.5 Å². The number of carbonyl (C=O) groups is 1. The standard InChI is InChI=1S/C15H24N2O2/c1-10(2)8-17-14(18)9-19-15-11(3)5-13(7-16)6-12(15)4/h5-6,10H,7-9,16H2,1-4H3,(H,17,18). The van der Waals surface area contributed by atoms with E-state index in [1.54, 1.807) is 0 Å². The van der Waals surface area contributed by atoms with Crippen LogP contribution in [0.5, 0.6) is 5.75 Å². The molecule has 0 saturated heterocycles. The van der Waals surface area contributed by atoms with E-state index in [4.69, 9.17) is 10.5 Å². The van der Waals surface area contributed by atoms with Gasteiger partial charge >= 0.3 is 0 Å². The molecule has 0 bridgehead atoms. The fraction of sp³-hybridized carbons (Fsp3) is 0.533. The van der Waals surface area contributed by atoms with Gasteiger partial charge in [0, 0.05) is 13.1 Å². The minimum absolute atomic E-state index is 0.0520. The molecule has 19 heavy (non-hydrogen) atoms. The summed E-state index contributed by atoms with van der Waals surface area (Å²) in [6, 6.07) is 3.99. The lowest BCUT2D eigenvalue weighted by Gasteiger charge is -2.14. The lowest BCUT2D eigenvalue weighted by Crippen LogP contribution is -2.31. The van der Waals surface area contributed by atoms with E-state index < -0.39 is 0 Å². The minimum Gasteiger partial charge on any atom is -0.483 e. The minimum atomic E-state index is -0.0876. The third kappa shape index (κ3) is 4.91. The van der Waals surface area contributed by atoms with Crippen molar-refractivity contribution < 1.29 is 9.53 Å². The highest BCUT2D eigenvalue weighted by molar-refractivity contribution is 5.77. The van der Waals surface area contributed by atoms with Crippen molar-refractivity contribution in [3.63, 3.8) is 0 Å². The molecule has 4 nitrogen and oxygen atoms in total. The second-order valence-corrected chi connectivity index (χ2v) is 5.25. The van der Waals surface area contributed by atoms with Gasteiger partial charge in [-0.25, -0.2) is 0 Å². The quantitative estimate of drug-likeness (QED) is 0.825. The molecule has 1 amide bonds. The third-order valence-corrected chi connectivity index (χ3v) is 2.81. The SMILES string of the molecule is Cc1cc(CN)cc(C)c1OCC(=O)NCC(C)C. The van der Waals surface area contributed by atoms with Crippen molar-refractivity contribution in [3.8, 4) is 5.75 Å². The zero-order chi connectivity index (χ0) is 14.4. The van der Waals surface area contributed by atoms with Crippen molar-refractivity contribution >= 4 is 5.91 Å². The number of amides is 1. The van der Waals surface area contributed by atoms with Crippen LogP contribution in [0.4, 0.5) is 0 Å². The van der Waals surface area contributed by atoms with Crippen LogP contribution in [0.15, 0.2) is 12.1 Å². The smallest absolute Gasteiger partial charge is 0.257 e. The first-order chi connectivity index (χ1) is 8.93. The Balaban J connectivity index is 2.60. The number of hydrogen-bond acceptors (Lipinski definition) is 3. The monoisotopic (exact) mass is 264 g/mol. The predicted octanol–water partition coefficient (Wildman–Crippen LogP) is 1.91. The highest BCUT2D eigenvalue weighted by atomic mass is 16.5. The summed E-state index contributed by atoms with van der Waals surface area (Å²) in [6.07, 6.45) is 0. The molecular formula is C15H24N2O2. The highest BCUT2D eigenvalue weighted by Crippen LogP contribution is 2.24. The molecule has 0 aliphatic rings. The Hall–Kier alpha value is -1.55. The molecule has 0 aliphatic heterocycles. The number of ether oxygens (including phenoxy) is 1. The Morgan fingerprint density at radius 2 is 1.89 bits per heavy atom. The van der Waals surface area contributed by atoms with Crippen molar-refractivity contribution in [1.29, 1.82) is 0 Å².